The van der Waals surface area contributed by atoms with Gasteiger partial charge in [-0.1, -0.05) is 38.5 Å². The van der Waals surface area contributed by atoms with Crippen molar-refractivity contribution in [3.8, 4) is 0 Å². The van der Waals surface area contributed by atoms with Crippen LogP contribution >= 0.6 is 11.8 Å². The lowest BCUT2D eigenvalue weighted by molar-refractivity contribution is -0.137. The van der Waals surface area contributed by atoms with Crippen LogP contribution in [0.25, 0.3) is 0 Å². The van der Waals surface area contributed by atoms with Gasteiger partial charge in [-0.05, 0) is 50.1 Å². The molecule has 0 saturated carbocycles. The Hall–Kier alpha value is -1.53. The second kappa shape index (κ2) is 11.5. The van der Waals surface area contributed by atoms with Crippen LogP contribution in [-0.4, -0.2) is 65.3 Å². The zero-order valence-electron chi connectivity index (χ0n) is 17.7. The number of nitrogens with zero attached hydrogens (tertiary/aromatic N) is 2. The maximum absolute atomic E-state index is 12.9. The number of aryl methyl sites for hydroxylation is 1. The van der Waals surface area contributed by atoms with E-state index < -0.39 is 0 Å². The third-order valence-electron chi connectivity index (χ3n) is 5.40. The van der Waals surface area contributed by atoms with E-state index in [1.165, 1.54) is 12.8 Å². The van der Waals surface area contributed by atoms with Crippen molar-refractivity contribution in [1.29, 1.82) is 0 Å². The fraction of sp³-hybridized carbons (Fsp3) is 0.636. The van der Waals surface area contributed by atoms with Gasteiger partial charge in [-0.2, -0.15) is 11.8 Å². The van der Waals surface area contributed by atoms with Gasteiger partial charge >= 0.3 is 0 Å². The smallest absolute Gasteiger partial charge is 0.243 e. The van der Waals surface area contributed by atoms with E-state index in [0.717, 1.165) is 42.9 Å². The van der Waals surface area contributed by atoms with E-state index in [2.05, 4.69) is 24.1 Å². The quantitative estimate of drug-likeness (QED) is 0.717. The van der Waals surface area contributed by atoms with Gasteiger partial charge in [-0.25, -0.2) is 0 Å². The van der Waals surface area contributed by atoms with Gasteiger partial charge in [0.1, 0.15) is 0 Å². The number of likely N-dealkylation sites (tertiary alicyclic amines) is 1. The zero-order chi connectivity index (χ0) is 20.5. The standard InChI is InChI=1S/C22H35N3O2S/c1-5-18-11-7-8-13-20(18)23-21(26)16-24(4)22(27)17(3)25-14-10-9-12-19(15-25)28-6-2/h7-8,11,13,17,19H,5-6,9-10,12,14-16H2,1-4H3,(H,23,26). The van der Waals surface area contributed by atoms with Crippen molar-refractivity contribution in [2.75, 3.05) is 37.8 Å². The lowest BCUT2D eigenvalue weighted by Gasteiger charge is -2.31. The number of para-hydroxylation sites is 1. The summed E-state index contributed by atoms with van der Waals surface area (Å²) < 4.78 is 0. The Morgan fingerprint density at radius 3 is 2.75 bits per heavy atom. The average molecular weight is 406 g/mol. The minimum Gasteiger partial charge on any atom is -0.335 e. The molecule has 1 aliphatic rings. The maximum atomic E-state index is 12.9. The van der Waals surface area contributed by atoms with Crippen LogP contribution in [0.4, 0.5) is 5.69 Å². The minimum absolute atomic E-state index is 0.0149. The molecule has 5 nitrogen and oxygen atoms in total. The second-order valence-corrected chi connectivity index (χ2v) is 9.07. The molecule has 2 atom stereocenters. The lowest BCUT2D eigenvalue weighted by atomic mass is 10.1. The van der Waals surface area contributed by atoms with Crippen molar-refractivity contribution in [2.24, 2.45) is 0 Å². The molecule has 1 saturated heterocycles. The largest absolute Gasteiger partial charge is 0.335 e. The Labute approximate surface area is 174 Å². The van der Waals surface area contributed by atoms with Gasteiger partial charge in [0.25, 0.3) is 0 Å². The number of carbonyl (C=O) groups is 2. The first kappa shape index (κ1) is 22.8. The highest BCUT2D eigenvalue weighted by Crippen LogP contribution is 2.23. The van der Waals surface area contributed by atoms with Crippen LogP contribution < -0.4 is 5.32 Å². The van der Waals surface area contributed by atoms with E-state index >= 15 is 0 Å². The van der Waals surface area contributed by atoms with Gasteiger partial charge in [0.15, 0.2) is 0 Å². The third kappa shape index (κ3) is 6.52. The summed E-state index contributed by atoms with van der Waals surface area (Å²) in [5, 5.41) is 3.55. The van der Waals surface area contributed by atoms with Crippen LogP contribution in [0.1, 0.15) is 45.6 Å². The van der Waals surface area contributed by atoms with Crippen LogP contribution in [0, 0.1) is 0 Å². The van der Waals surface area contributed by atoms with Crippen molar-refractivity contribution in [2.45, 2.75) is 57.7 Å². The van der Waals surface area contributed by atoms with Crippen LogP contribution in [-0.2, 0) is 16.0 Å². The molecule has 1 fully saturated rings. The van der Waals surface area contributed by atoms with Crippen molar-refractivity contribution in [1.82, 2.24) is 9.80 Å². The van der Waals surface area contributed by atoms with Gasteiger partial charge in [0, 0.05) is 24.5 Å². The van der Waals surface area contributed by atoms with Crippen LogP contribution in [0.3, 0.4) is 0 Å². The molecule has 2 unspecified atom stereocenters. The van der Waals surface area contributed by atoms with Crippen molar-refractivity contribution < 1.29 is 9.59 Å². The summed E-state index contributed by atoms with van der Waals surface area (Å²) in [6.07, 6.45) is 4.44. The number of benzene rings is 1. The number of rotatable bonds is 8. The molecule has 1 aliphatic heterocycles. The van der Waals surface area contributed by atoms with E-state index in [9.17, 15) is 9.59 Å². The van der Waals surface area contributed by atoms with Crippen LogP contribution in [0.2, 0.25) is 0 Å². The Morgan fingerprint density at radius 1 is 1.29 bits per heavy atom. The van der Waals surface area contributed by atoms with E-state index in [1.54, 1.807) is 11.9 Å². The highest BCUT2D eigenvalue weighted by atomic mass is 32.2. The van der Waals surface area contributed by atoms with Gasteiger partial charge in [-0.15, -0.1) is 0 Å². The summed E-state index contributed by atoms with van der Waals surface area (Å²) in [6, 6.07) is 7.60. The Kier molecular flexibility index (Phi) is 9.32. The topological polar surface area (TPSA) is 52.7 Å². The number of thioether (sulfide) groups is 1. The van der Waals surface area contributed by atoms with E-state index in [1.807, 2.05) is 43.0 Å². The molecule has 0 spiro atoms. The first-order chi connectivity index (χ1) is 13.5. The van der Waals surface area contributed by atoms with Crippen molar-refractivity contribution in [3.63, 3.8) is 0 Å². The molecule has 1 heterocycles. The highest BCUT2D eigenvalue weighted by molar-refractivity contribution is 7.99. The molecule has 6 heteroatoms. The number of anilines is 1. The monoisotopic (exact) mass is 405 g/mol. The summed E-state index contributed by atoms with van der Waals surface area (Å²) in [5.74, 6) is 0.973. The number of carbonyl (C=O) groups excluding carboxylic acids is 2. The van der Waals surface area contributed by atoms with Crippen LogP contribution in [0.15, 0.2) is 24.3 Å². The zero-order valence-corrected chi connectivity index (χ0v) is 18.6. The molecule has 1 aromatic carbocycles. The number of hydrogen-bond acceptors (Lipinski definition) is 4. The SMILES string of the molecule is CCSC1CCCCN(C(C)C(=O)N(C)CC(=O)Nc2ccccc2CC)C1. The van der Waals surface area contributed by atoms with Crippen molar-refractivity contribution >= 4 is 29.3 Å². The molecular formula is C22H35N3O2S. The average Bonchev–Trinajstić information content (AvgIpc) is 2.93. The Balaban J connectivity index is 1.92. The minimum atomic E-state index is -0.196. The lowest BCUT2D eigenvalue weighted by Crippen LogP contribution is -2.49. The fourth-order valence-electron chi connectivity index (χ4n) is 3.76. The normalized spacial score (nSPS) is 18.9. The summed E-state index contributed by atoms with van der Waals surface area (Å²) >= 11 is 1.99. The Morgan fingerprint density at radius 2 is 2.04 bits per heavy atom. The molecule has 156 valence electrons. The second-order valence-electron chi connectivity index (χ2n) is 7.50. The Bertz CT molecular complexity index is 652. The number of nitrogens with one attached hydrogen (secondary N) is 1. The van der Waals surface area contributed by atoms with Gasteiger partial charge in [-0.3, -0.25) is 14.5 Å². The molecule has 28 heavy (non-hydrogen) atoms. The highest BCUT2D eigenvalue weighted by Gasteiger charge is 2.28. The number of hydrogen-bond donors (Lipinski definition) is 1. The van der Waals surface area contributed by atoms with Gasteiger partial charge in [0.2, 0.25) is 11.8 Å². The third-order valence-corrected chi connectivity index (χ3v) is 6.59. The summed E-state index contributed by atoms with van der Waals surface area (Å²) in [7, 11) is 1.72. The molecule has 1 aromatic rings. The molecule has 0 aromatic heterocycles. The van der Waals surface area contributed by atoms with Gasteiger partial charge < -0.3 is 10.2 Å². The molecule has 2 rings (SSSR count). The van der Waals surface area contributed by atoms with E-state index in [0.29, 0.717) is 5.25 Å². The first-order valence-corrected chi connectivity index (χ1v) is 11.5. The fourth-order valence-corrected chi connectivity index (χ4v) is 4.86. The summed E-state index contributed by atoms with van der Waals surface area (Å²) in [6.45, 7) is 8.21. The molecule has 0 bridgehead atoms. The summed E-state index contributed by atoms with van der Waals surface area (Å²) in [4.78, 5) is 29.2. The maximum Gasteiger partial charge on any atom is 0.243 e. The van der Waals surface area contributed by atoms with Crippen LogP contribution in [0.5, 0.6) is 0 Å². The van der Waals surface area contributed by atoms with E-state index in [4.69, 9.17) is 0 Å². The number of amides is 2. The molecular weight excluding hydrogens is 370 g/mol. The van der Waals surface area contributed by atoms with Crippen molar-refractivity contribution in [3.05, 3.63) is 29.8 Å². The van der Waals surface area contributed by atoms with Gasteiger partial charge in [0.05, 0.1) is 12.6 Å². The number of likely N-dealkylation sites (N-methyl/N-ethyl adjacent to an activating group) is 1. The molecule has 0 aliphatic carbocycles. The molecule has 1 N–H and O–H groups in total. The predicted molar refractivity (Wildman–Crippen MR) is 119 cm³/mol. The first-order valence-electron chi connectivity index (χ1n) is 10.4. The predicted octanol–water partition coefficient (Wildman–Crippen LogP) is 3.64. The van der Waals surface area contributed by atoms with E-state index in [-0.39, 0.29) is 24.4 Å². The molecule has 0 radical (unpaired) electrons. The summed E-state index contributed by atoms with van der Waals surface area (Å²) in [5.41, 5.74) is 1.93. The molecule has 2 amide bonds.